The van der Waals surface area contributed by atoms with Crippen LogP contribution in [-0.2, 0) is 0 Å². The lowest BCUT2D eigenvalue weighted by molar-refractivity contribution is 0.0847. The summed E-state index contributed by atoms with van der Waals surface area (Å²) >= 11 is 0. The van der Waals surface area contributed by atoms with Crippen molar-refractivity contribution < 1.29 is 14.6 Å². The maximum Gasteiger partial charge on any atom is 0.253 e. The van der Waals surface area contributed by atoms with Crippen molar-refractivity contribution in [2.75, 3.05) is 13.7 Å². The Morgan fingerprint density at radius 1 is 1.59 bits per heavy atom. The van der Waals surface area contributed by atoms with Crippen molar-refractivity contribution in [2.45, 2.75) is 25.8 Å². The summed E-state index contributed by atoms with van der Waals surface area (Å²) in [5.41, 5.74) is -0.157. The summed E-state index contributed by atoms with van der Waals surface area (Å²) < 4.78 is 4.91. The molecule has 0 saturated carbocycles. The summed E-state index contributed by atoms with van der Waals surface area (Å²) in [5.74, 6) is 0.209. The number of nitrogens with one attached hydrogen (secondary N) is 1. The first-order chi connectivity index (χ1) is 8.04. The number of hydrogen-bond donors (Lipinski definition) is 2. The van der Waals surface area contributed by atoms with E-state index in [0.29, 0.717) is 17.9 Å². The Balaban J connectivity index is 2.75. The Hall–Kier alpha value is -1.62. The monoisotopic (exact) mass is 238 g/mol. The standard InChI is InChI=1S/C12H18N2O3/c1-4-12(2,8-15)14-11(16)9-5-6-10(17-3)13-7-9/h5-7,15H,4,8H2,1-3H3,(H,14,16). The van der Waals surface area contributed by atoms with Gasteiger partial charge in [0.05, 0.1) is 24.8 Å². The van der Waals surface area contributed by atoms with E-state index < -0.39 is 5.54 Å². The number of amides is 1. The Kier molecular flexibility index (Phi) is 4.45. The zero-order valence-corrected chi connectivity index (χ0v) is 10.4. The van der Waals surface area contributed by atoms with E-state index in [-0.39, 0.29) is 12.5 Å². The molecule has 5 nitrogen and oxygen atoms in total. The topological polar surface area (TPSA) is 71.5 Å². The van der Waals surface area contributed by atoms with Gasteiger partial charge in [0, 0.05) is 12.3 Å². The molecule has 1 amide bonds. The minimum absolute atomic E-state index is 0.0984. The van der Waals surface area contributed by atoms with E-state index >= 15 is 0 Å². The molecule has 0 radical (unpaired) electrons. The summed E-state index contributed by atoms with van der Waals surface area (Å²) in [5, 5.41) is 12.0. The van der Waals surface area contributed by atoms with Gasteiger partial charge in [0.25, 0.3) is 5.91 Å². The molecule has 0 saturated heterocycles. The van der Waals surface area contributed by atoms with E-state index in [2.05, 4.69) is 10.3 Å². The van der Waals surface area contributed by atoms with Gasteiger partial charge in [-0.15, -0.1) is 0 Å². The first-order valence-corrected chi connectivity index (χ1v) is 5.48. The average molecular weight is 238 g/mol. The number of carbonyl (C=O) groups excluding carboxylic acids is 1. The fourth-order valence-electron chi connectivity index (χ4n) is 1.22. The van der Waals surface area contributed by atoms with Crippen molar-refractivity contribution in [3.63, 3.8) is 0 Å². The van der Waals surface area contributed by atoms with Gasteiger partial charge >= 0.3 is 0 Å². The van der Waals surface area contributed by atoms with Crippen LogP contribution in [-0.4, -0.2) is 35.3 Å². The van der Waals surface area contributed by atoms with E-state index in [1.807, 2.05) is 6.92 Å². The number of carbonyl (C=O) groups is 1. The van der Waals surface area contributed by atoms with Gasteiger partial charge in [-0.1, -0.05) is 6.92 Å². The Bertz CT molecular complexity index is 372. The predicted octanol–water partition coefficient (Wildman–Crippen LogP) is 0.981. The summed E-state index contributed by atoms with van der Waals surface area (Å²) in [6, 6.07) is 3.26. The second-order valence-corrected chi connectivity index (χ2v) is 4.12. The number of aromatic nitrogens is 1. The number of aliphatic hydroxyl groups is 1. The summed E-state index contributed by atoms with van der Waals surface area (Å²) in [6.45, 7) is 3.60. The van der Waals surface area contributed by atoms with Crippen LogP contribution in [0.1, 0.15) is 30.6 Å². The molecule has 0 aliphatic heterocycles. The van der Waals surface area contributed by atoms with Crippen molar-refractivity contribution in [1.29, 1.82) is 0 Å². The van der Waals surface area contributed by atoms with Gasteiger partial charge in [0.2, 0.25) is 5.88 Å². The highest BCUT2D eigenvalue weighted by molar-refractivity contribution is 5.94. The first kappa shape index (κ1) is 13.4. The molecule has 1 heterocycles. The molecule has 0 spiro atoms. The Labute approximate surface area is 101 Å². The normalized spacial score (nSPS) is 13.9. The zero-order chi connectivity index (χ0) is 12.9. The third-order valence-electron chi connectivity index (χ3n) is 2.75. The molecule has 0 aromatic carbocycles. The lowest BCUT2D eigenvalue weighted by Crippen LogP contribution is -2.48. The number of hydrogen-bond acceptors (Lipinski definition) is 4. The fourth-order valence-corrected chi connectivity index (χ4v) is 1.22. The SMILES string of the molecule is CCC(C)(CO)NC(=O)c1ccc(OC)nc1. The molecule has 0 bridgehead atoms. The van der Waals surface area contributed by atoms with Gasteiger partial charge in [-0.2, -0.15) is 0 Å². The minimum Gasteiger partial charge on any atom is -0.481 e. The Morgan fingerprint density at radius 3 is 2.71 bits per heavy atom. The second kappa shape index (κ2) is 5.63. The molecule has 0 fully saturated rings. The average Bonchev–Trinajstić information content (AvgIpc) is 2.38. The van der Waals surface area contributed by atoms with Gasteiger partial charge < -0.3 is 15.2 Å². The van der Waals surface area contributed by atoms with Gasteiger partial charge in [0.15, 0.2) is 0 Å². The molecular weight excluding hydrogens is 220 g/mol. The minimum atomic E-state index is -0.600. The highest BCUT2D eigenvalue weighted by Gasteiger charge is 2.23. The number of nitrogens with zero attached hydrogens (tertiary/aromatic N) is 1. The Morgan fingerprint density at radius 2 is 2.29 bits per heavy atom. The van der Waals surface area contributed by atoms with Crippen LogP contribution in [0, 0.1) is 0 Å². The molecule has 1 aromatic rings. The van der Waals surface area contributed by atoms with Crippen molar-refractivity contribution in [3.8, 4) is 5.88 Å². The molecule has 1 aromatic heterocycles. The summed E-state index contributed by atoms with van der Waals surface area (Å²) in [6.07, 6.45) is 2.10. The van der Waals surface area contributed by atoms with Crippen molar-refractivity contribution >= 4 is 5.91 Å². The number of aliphatic hydroxyl groups excluding tert-OH is 1. The molecule has 1 atom stereocenters. The van der Waals surface area contributed by atoms with E-state index in [1.165, 1.54) is 13.3 Å². The molecule has 17 heavy (non-hydrogen) atoms. The second-order valence-electron chi connectivity index (χ2n) is 4.12. The van der Waals surface area contributed by atoms with E-state index in [4.69, 9.17) is 4.74 Å². The van der Waals surface area contributed by atoms with E-state index in [0.717, 1.165) is 0 Å². The highest BCUT2D eigenvalue weighted by atomic mass is 16.5. The van der Waals surface area contributed by atoms with Crippen LogP contribution in [0.4, 0.5) is 0 Å². The van der Waals surface area contributed by atoms with Crippen molar-refractivity contribution in [1.82, 2.24) is 10.3 Å². The van der Waals surface area contributed by atoms with Crippen LogP contribution >= 0.6 is 0 Å². The van der Waals surface area contributed by atoms with E-state index in [1.54, 1.807) is 19.1 Å². The van der Waals surface area contributed by atoms with Crippen LogP contribution in [0.5, 0.6) is 5.88 Å². The number of methoxy groups -OCH3 is 1. The van der Waals surface area contributed by atoms with Crippen LogP contribution in [0.15, 0.2) is 18.3 Å². The molecule has 94 valence electrons. The molecular formula is C12H18N2O3. The summed E-state index contributed by atoms with van der Waals surface area (Å²) in [7, 11) is 1.52. The number of pyridine rings is 1. The van der Waals surface area contributed by atoms with Crippen molar-refractivity contribution in [3.05, 3.63) is 23.9 Å². The molecule has 1 unspecified atom stereocenters. The summed E-state index contributed by atoms with van der Waals surface area (Å²) in [4.78, 5) is 15.8. The van der Waals surface area contributed by atoms with Gasteiger partial charge in [-0.05, 0) is 19.4 Å². The van der Waals surface area contributed by atoms with Crippen LogP contribution in [0.2, 0.25) is 0 Å². The maximum absolute atomic E-state index is 11.9. The van der Waals surface area contributed by atoms with Gasteiger partial charge in [-0.3, -0.25) is 4.79 Å². The first-order valence-electron chi connectivity index (χ1n) is 5.48. The lowest BCUT2D eigenvalue weighted by atomic mass is 10.00. The number of rotatable bonds is 5. The smallest absolute Gasteiger partial charge is 0.253 e. The van der Waals surface area contributed by atoms with Gasteiger partial charge in [-0.25, -0.2) is 4.98 Å². The molecule has 0 aliphatic rings. The largest absolute Gasteiger partial charge is 0.481 e. The van der Waals surface area contributed by atoms with Crippen molar-refractivity contribution in [2.24, 2.45) is 0 Å². The third-order valence-corrected chi connectivity index (χ3v) is 2.75. The molecule has 0 aliphatic carbocycles. The quantitative estimate of drug-likeness (QED) is 0.802. The zero-order valence-electron chi connectivity index (χ0n) is 10.4. The molecule has 5 heteroatoms. The fraction of sp³-hybridized carbons (Fsp3) is 0.500. The predicted molar refractivity (Wildman–Crippen MR) is 64.0 cm³/mol. The molecule has 2 N–H and O–H groups in total. The van der Waals surface area contributed by atoms with Crippen LogP contribution in [0.25, 0.3) is 0 Å². The maximum atomic E-state index is 11.9. The third kappa shape index (κ3) is 3.42. The van der Waals surface area contributed by atoms with Gasteiger partial charge in [0.1, 0.15) is 0 Å². The van der Waals surface area contributed by atoms with Crippen LogP contribution < -0.4 is 10.1 Å². The lowest BCUT2D eigenvalue weighted by Gasteiger charge is -2.27. The van der Waals surface area contributed by atoms with E-state index in [9.17, 15) is 9.90 Å². The highest BCUT2D eigenvalue weighted by Crippen LogP contribution is 2.11. The molecule has 1 rings (SSSR count). The van der Waals surface area contributed by atoms with Crippen LogP contribution in [0.3, 0.4) is 0 Å². The number of ether oxygens (including phenoxy) is 1.